The molecule has 0 aromatic heterocycles. The lowest BCUT2D eigenvalue weighted by molar-refractivity contribution is -0.208. The van der Waals surface area contributed by atoms with Crippen molar-refractivity contribution in [2.45, 2.75) is 47.9 Å². The van der Waals surface area contributed by atoms with E-state index in [0.29, 0.717) is 12.3 Å². The minimum atomic E-state index is -1.63. The zero-order valence-electron chi connectivity index (χ0n) is 14.1. The van der Waals surface area contributed by atoms with Crippen LogP contribution in [0.25, 0.3) is 0 Å². The molecule has 3 heterocycles. The summed E-state index contributed by atoms with van der Waals surface area (Å²) in [7, 11) is 1.59. The Hall–Kier alpha value is -0.970. The molecule has 0 spiro atoms. The molecule has 3 aliphatic rings. The lowest BCUT2D eigenvalue weighted by atomic mass is 9.97. The van der Waals surface area contributed by atoms with Gasteiger partial charge in [-0.1, -0.05) is 23.7 Å². The summed E-state index contributed by atoms with van der Waals surface area (Å²) in [6.07, 6.45) is -5.89. The van der Waals surface area contributed by atoms with Crippen LogP contribution in [0.4, 0.5) is 0 Å². The van der Waals surface area contributed by atoms with Gasteiger partial charge >= 0.3 is 0 Å². The van der Waals surface area contributed by atoms with Crippen LogP contribution in [-0.2, 0) is 14.2 Å². The molecule has 3 saturated heterocycles. The van der Waals surface area contributed by atoms with Crippen LogP contribution < -0.4 is 10.1 Å². The van der Waals surface area contributed by atoms with Gasteiger partial charge in [-0.15, -0.1) is 0 Å². The van der Waals surface area contributed by atoms with E-state index in [1.54, 1.807) is 7.11 Å². The first kappa shape index (κ1) is 18.4. The van der Waals surface area contributed by atoms with Crippen molar-refractivity contribution in [1.29, 1.82) is 0 Å². The van der Waals surface area contributed by atoms with Crippen LogP contribution in [0, 0.1) is 0 Å². The second-order valence-corrected chi connectivity index (χ2v) is 7.45. The molecule has 26 heavy (non-hydrogen) atoms. The van der Waals surface area contributed by atoms with Gasteiger partial charge in [-0.25, -0.2) is 0 Å². The molecule has 9 heteroatoms. The Morgan fingerprint density at radius 1 is 1.23 bits per heavy atom. The molecule has 0 radical (unpaired) electrons. The van der Waals surface area contributed by atoms with E-state index in [4.69, 9.17) is 30.5 Å². The molecule has 8 nitrogen and oxygen atoms in total. The molecular formula is C17H22ClNO7. The van der Waals surface area contributed by atoms with Crippen LogP contribution in [0.1, 0.15) is 11.7 Å². The summed E-state index contributed by atoms with van der Waals surface area (Å²) >= 11 is 6.35. The second kappa shape index (κ2) is 6.88. The summed E-state index contributed by atoms with van der Waals surface area (Å²) in [5, 5.41) is 32.3. The first-order chi connectivity index (χ1) is 12.4. The Morgan fingerprint density at radius 3 is 2.65 bits per heavy atom. The van der Waals surface area contributed by atoms with Crippen LogP contribution in [0.3, 0.4) is 0 Å². The van der Waals surface area contributed by atoms with E-state index >= 15 is 0 Å². The van der Waals surface area contributed by atoms with Crippen molar-refractivity contribution in [2.24, 2.45) is 0 Å². The van der Waals surface area contributed by atoms with Gasteiger partial charge in [0.1, 0.15) is 30.2 Å². The lowest BCUT2D eigenvalue weighted by Crippen LogP contribution is -2.48. The van der Waals surface area contributed by atoms with Gasteiger partial charge in [-0.3, -0.25) is 0 Å². The Bertz CT molecular complexity index is 647. The number of aliphatic hydroxyl groups excluding tert-OH is 3. The first-order valence-corrected chi connectivity index (χ1v) is 8.86. The Morgan fingerprint density at radius 2 is 1.96 bits per heavy atom. The van der Waals surface area contributed by atoms with Crippen molar-refractivity contribution in [3.8, 4) is 5.75 Å². The van der Waals surface area contributed by atoms with E-state index < -0.39 is 41.9 Å². The van der Waals surface area contributed by atoms with E-state index in [-0.39, 0.29) is 12.6 Å². The number of hydrogen-bond acceptors (Lipinski definition) is 8. The minimum absolute atomic E-state index is 0.162. The average Bonchev–Trinajstić information content (AvgIpc) is 3.11. The zero-order chi connectivity index (χ0) is 18.5. The lowest BCUT2D eigenvalue weighted by Gasteiger charge is -2.32. The van der Waals surface area contributed by atoms with Gasteiger partial charge in [0.2, 0.25) is 0 Å². The van der Waals surface area contributed by atoms with Gasteiger partial charge in [-0.05, 0) is 17.7 Å². The number of hydrogen-bond donors (Lipinski definition) is 4. The van der Waals surface area contributed by atoms with E-state index in [1.165, 1.54) is 0 Å². The maximum Gasteiger partial charge on any atom is 0.196 e. The predicted octanol–water partition coefficient (Wildman–Crippen LogP) is -0.502. The number of nitrogens with one attached hydrogen (secondary N) is 1. The molecule has 8 unspecified atom stereocenters. The first-order valence-electron chi connectivity index (χ1n) is 8.48. The molecule has 0 saturated carbocycles. The van der Waals surface area contributed by atoms with Crippen molar-refractivity contribution in [3.05, 3.63) is 29.8 Å². The number of alkyl halides is 1. The van der Waals surface area contributed by atoms with Gasteiger partial charge in [-0.2, -0.15) is 0 Å². The number of methoxy groups -OCH3 is 1. The standard InChI is InChI=1S/C17H22ClNO7/c1-23-9-4-2-8(3-5-9)13-11-14(10(20)6-19-11)25-16-12(21)15(22)17(18,26-16)7-24-13/h2-5,10-16,19-22H,6-7H2,1H3. The van der Waals surface area contributed by atoms with Gasteiger partial charge < -0.3 is 39.6 Å². The summed E-state index contributed by atoms with van der Waals surface area (Å²) in [6, 6.07) is 6.95. The van der Waals surface area contributed by atoms with Crippen LogP contribution in [0.2, 0.25) is 0 Å². The van der Waals surface area contributed by atoms with Crippen LogP contribution in [0.15, 0.2) is 24.3 Å². The third-order valence-electron chi connectivity index (χ3n) is 5.17. The molecule has 8 atom stereocenters. The smallest absolute Gasteiger partial charge is 0.196 e. The van der Waals surface area contributed by atoms with Crippen molar-refractivity contribution >= 4 is 11.6 Å². The van der Waals surface area contributed by atoms with E-state index in [2.05, 4.69) is 5.32 Å². The van der Waals surface area contributed by atoms with Crippen molar-refractivity contribution in [3.63, 3.8) is 0 Å². The second-order valence-electron chi connectivity index (χ2n) is 6.81. The molecule has 3 fully saturated rings. The largest absolute Gasteiger partial charge is 0.497 e. The highest BCUT2D eigenvalue weighted by Crippen LogP contribution is 2.41. The minimum Gasteiger partial charge on any atom is -0.497 e. The fraction of sp³-hybridized carbons (Fsp3) is 0.647. The molecule has 3 aliphatic heterocycles. The van der Waals surface area contributed by atoms with E-state index in [1.807, 2.05) is 24.3 Å². The van der Waals surface area contributed by atoms with Crippen LogP contribution in [0.5, 0.6) is 5.75 Å². The summed E-state index contributed by atoms with van der Waals surface area (Å²) in [4.78, 5) is 0. The number of halogens is 1. The monoisotopic (exact) mass is 387 g/mol. The zero-order valence-corrected chi connectivity index (χ0v) is 14.9. The SMILES string of the molecule is COc1ccc(C2OCC3(Cl)OC(OC4C(O)CNC24)C(O)C3O)cc1. The Labute approximate surface area is 155 Å². The number of aliphatic hydroxyl groups is 3. The summed E-state index contributed by atoms with van der Waals surface area (Å²) < 4.78 is 22.5. The van der Waals surface area contributed by atoms with Crippen LogP contribution >= 0.6 is 11.6 Å². The number of benzene rings is 1. The van der Waals surface area contributed by atoms with Gasteiger partial charge in [0.15, 0.2) is 11.4 Å². The van der Waals surface area contributed by atoms with E-state index in [9.17, 15) is 15.3 Å². The third kappa shape index (κ3) is 3.00. The van der Waals surface area contributed by atoms with Gasteiger partial charge in [0.05, 0.1) is 25.9 Å². The molecule has 0 aliphatic carbocycles. The molecule has 4 rings (SSSR count). The van der Waals surface area contributed by atoms with Crippen molar-refractivity contribution in [2.75, 3.05) is 20.3 Å². The molecule has 2 bridgehead atoms. The molecule has 0 amide bonds. The Balaban J connectivity index is 1.67. The van der Waals surface area contributed by atoms with Crippen molar-refractivity contribution in [1.82, 2.24) is 5.32 Å². The normalized spacial score (nSPS) is 45.5. The number of β-amino-alcohol motifs (C(OH)–C–C–N with tert-alkyl or cyclic N) is 1. The quantitative estimate of drug-likeness (QED) is 0.503. The van der Waals surface area contributed by atoms with Gasteiger partial charge in [0, 0.05) is 6.54 Å². The highest BCUT2D eigenvalue weighted by atomic mass is 35.5. The van der Waals surface area contributed by atoms with E-state index in [0.717, 1.165) is 5.56 Å². The highest BCUT2D eigenvalue weighted by Gasteiger charge is 2.58. The molecule has 1 aromatic carbocycles. The molecular weight excluding hydrogens is 366 g/mol. The summed E-state index contributed by atoms with van der Waals surface area (Å²) in [5.74, 6) is 0.707. The molecule has 144 valence electrons. The average molecular weight is 388 g/mol. The number of ether oxygens (including phenoxy) is 4. The topological polar surface area (TPSA) is 110 Å². The highest BCUT2D eigenvalue weighted by molar-refractivity contribution is 6.23. The third-order valence-corrected chi connectivity index (χ3v) is 5.60. The van der Waals surface area contributed by atoms with Gasteiger partial charge in [0.25, 0.3) is 0 Å². The number of fused-ring (bicyclic) bond motifs is 3. The summed E-state index contributed by atoms with van der Waals surface area (Å²) in [6.45, 7) is 0.146. The Kier molecular flexibility index (Phi) is 4.87. The fourth-order valence-corrected chi connectivity index (χ4v) is 3.99. The predicted molar refractivity (Wildman–Crippen MR) is 89.8 cm³/mol. The molecule has 4 N–H and O–H groups in total. The maximum atomic E-state index is 10.3. The molecule has 1 aromatic rings. The summed E-state index contributed by atoms with van der Waals surface area (Å²) in [5.41, 5.74) is 0.832. The maximum absolute atomic E-state index is 10.3. The number of rotatable bonds is 2. The van der Waals surface area contributed by atoms with Crippen molar-refractivity contribution < 1.29 is 34.3 Å². The fourth-order valence-electron chi connectivity index (χ4n) is 3.71. The van der Waals surface area contributed by atoms with Crippen LogP contribution in [-0.4, -0.2) is 77.4 Å².